The number of halogens is 3. The zero-order chi connectivity index (χ0) is 17.9. The van der Waals surface area contributed by atoms with E-state index in [-0.39, 0.29) is 42.7 Å². The summed E-state index contributed by atoms with van der Waals surface area (Å²) in [6.45, 7) is 0.196. The molecule has 0 radical (unpaired) electrons. The third-order valence-corrected chi connectivity index (χ3v) is 3.38. The van der Waals surface area contributed by atoms with Gasteiger partial charge in [0, 0.05) is 33.5 Å². The lowest BCUT2D eigenvalue weighted by molar-refractivity contribution is -0.274. The van der Waals surface area contributed by atoms with Crippen LogP contribution in [0.3, 0.4) is 0 Å². The van der Waals surface area contributed by atoms with Crippen LogP contribution in [0.4, 0.5) is 13.2 Å². The minimum atomic E-state index is -4.74. The molecule has 2 rings (SSSR count). The highest BCUT2D eigenvalue weighted by Gasteiger charge is 2.31. The van der Waals surface area contributed by atoms with Gasteiger partial charge in [-0.15, -0.1) is 13.2 Å². The molecule has 1 heterocycles. The van der Waals surface area contributed by atoms with E-state index in [1.807, 2.05) is 0 Å². The van der Waals surface area contributed by atoms with Crippen LogP contribution >= 0.6 is 0 Å². The van der Waals surface area contributed by atoms with Gasteiger partial charge in [0.05, 0.1) is 0 Å². The molecule has 2 amide bonds. The Morgan fingerprint density at radius 2 is 1.92 bits per heavy atom. The minimum absolute atomic E-state index is 0.158. The van der Waals surface area contributed by atoms with E-state index in [1.54, 1.807) is 7.05 Å². The van der Waals surface area contributed by atoms with Crippen molar-refractivity contribution in [3.63, 3.8) is 0 Å². The van der Waals surface area contributed by atoms with Crippen LogP contribution in [-0.4, -0.2) is 47.9 Å². The molecule has 0 N–H and O–H groups in total. The Morgan fingerprint density at radius 1 is 1.29 bits per heavy atom. The summed E-state index contributed by atoms with van der Waals surface area (Å²) in [5, 5.41) is 5.08. The smallest absolute Gasteiger partial charge is 0.406 e. The Labute approximate surface area is 136 Å². The maximum absolute atomic E-state index is 12.3. The van der Waals surface area contributed by atoms with Gasteiger partial charge in [-0.1, -0.05) is 12.1 Å². The van der Waals surface area contributed by atoms with Crippen molar-refractivity contribution >= 4 is 17.5 Å². The Balaban J connectivity index is 1.99. The van der Waals surface area contributed by atoms with Gasteiger partial charge in [-0.25, -0.2) is 5.01 Å². The molecular formula is C15H16F3N3O3. The average Bonchev–Trinajstić information content (AvgIpc) is 2.50. The molecule has 24 heavy (non-hydrogen) atoms. The Bertz CT molecular complexity index is 656. The summed E-state index contributed by atoms with van der Waals surface area (Å²) in [6.07, 6.45) is -4.25. The summed E-state index contributed by atoms with van der Waals surface area (Å²) in [4.78, 5) is 25.0. The van der Waals surface area contributed by atoms with Gasteiger partial charge in [-0.2, -0.15) is 5.10 Å². The molecule has 0 atom stereocenters. The van der Waals surface area contributed by atoms with Gasteiger partial charge >= 0.3 is 6.36 Å². The average molecular weight is 343 g/mol. The molecule has 0 unspecified atom stereocenters. The first-order chi connectivity index (χ1) is 11.2. The van der Waals surface area contributed by atoms with Crippen molar-refractivity contribution in [1.29, 1.82) is 0 Å². The highest BCUT2D eigenvalue weighted by Crippen LogP contribution is 2.23. The van der Waals surface area contributed by atoms with Gasteiger partial charge in [-0.05, 0) is 17.7 Å². The standard InChI is InChI=1S/C15H16F3N3O3/c1-20(14(23)12-7-8-13(22)21(2)19-12)9-10-3-5-11(6-4-10)24-15(16,17)18/h3-6H,7-9H2,1-2H3. The molecule has 130 valence electrons. The molecule has 1 aliphatic rings. The number of hydrogen-bond acceptors (Lipinski definition) is 4. The number of hydrazone groups is 1. The summed E-state index contributed by atoms with van der Waals surface area (Å²) < 4.78 is 40.1. The van der Waals surface area contributed by atoms with Crippen molar-refractivity contribution < 1.29 is 27.5 Å². The predicted octanol–water partition coefficient (Wildman–Crippen LogP) is 2.15. The fourth-order valence-corrected chi connectivity index (χ4v) is 2.19. The molecule has 0 saturated carbocycles. The van der Waals surface area contributed by atoms with Crippen molar-refractivity contribution in [2.75, 3.05) is 14.1 Å². The first-order valence-electron chi connectivity index (χ1n) is 7.10. The number of nitrogens with zero attached hydrogens (tertiary/aromatic N) is 3. The van der Waals surface area contributed by atoms with E-state index < -0.39 is 6.36 Å². The van der Waals surface area contributed by atoms with Gasteiger partial charge in [0.2, 0.25) is 5.91 Å². The number of hydrogen-bond donors (Lipinski definition) is 0. The van der Waals surface area contributed by atoms with Crippen molar-refractivity contribution in [2.24, 2.45) is 5.10 Å². The fraction of sp³-hybridized carbons (Fsp3) is 0.400. The van der Waals surface area contributed by atoms with Crippen molar-refractivity contribution in [1.82, 2.24) is 9.91 Å². The number of carbonyl (C=O) groups excluding carboxylic acids is 2. The number of alkyl halides is 3. The molecule has 1 aromatic rings. The minimum Gasteiger partial charge on any atom is -0.406 e. The third-order valence-electron chi connectivity index (χ3n) is 3.38. The fourth-order valence-electron chi connectivity index (χ4n) is 2.19. The summed E-state index contributed by atoms with van der Waals surface area (Å²) in [6, 6.07) is 5.27. The normalized spacial score (nSPS) is 15.1. The molecule has 0 saturated heterocycles. The lowest BCUT2D eigenvalue weighted by Gasteiger charge is -2.23. The quantitative estimate of drug-likeness (QED) is 0.842. The lowest BCUT2D eigenvalue weighted by Crippen LogP contribution is -2.38. The van der Waals surface area contributed by atoms with Crippen molar-refractivity contribution in [3.05, 3.63) is 29.8 Å². The van der Waals surface area contributed by atoms with E-state index in [0.717, 1.165) is 5.01 Å². The second-order valence-corrected chi connectivity index (χ2v) is 5.32. The highest BCUT2D eigenvalue weighted by molar-refractivity contribution is 6.39. The second kappa shape index (κ2) is 6.90. The van der Waals surface area contributed by atoms with E-state index in [1.165, 1.54) is 36.2 Å². The molecule has 0 aliphatic carbocycles. The molecule has 0 aromatic heterocycles. The summed E-state index contributed by atoms with van der Waals surface area (Å²) >= 11 is 0. The predicted molar refractivity (Wildman–Crippen MR) is 79.0 cm³/mol. The Kier molecular flexibility index (Phi) is 5.10. The van der Waals surface area contributed by atoms with Crippen molar-refractivity contribution in [2.45, 2.75) is 25.7 Å². The molecule has 9 heteroatoms. The van der Waals surface area contributed by atoms with Crippen LogP contribution in [-0.2, 0) is 16.1 Å². The molecule has 0 bridgehead atoms. The zero-order valence-corrected chi connectivity index (χ0v) is 13.1. The lowest BCUT2D eigenvalue weighted by atomic mass is 10.1. The molecular weight excluding hydrogens is 327 g/mol. The number of benzene rings is 1. The Hall–Kier alpha value is -2.58. The Morgan fingerprint density at radius 3 is 2.46 bits per heavy atom. The van der Waals surface area contributed by atoms with Gasteiger partial charge in [0.15, 0.2) is 0 Å². The maximum atomic E-state index is 12.3. The first kappa shape index (κ1) is 17.8. The van der Waals surface area contributed by atoms with Crippen LogP contribution in [0.15, 0.2) is 29.4 Å². The van der Waals surface area contributed by atoms with Gasteiger partial charge in [-0.3, -0.25) is 9.59 Å². The number of ether oxygens (including phenoxy) is 1. The monoisotopic (exact) mass is 343 g/mol. The second-order valence-electron chi connectivity index (χ2n) is 5.32. The van der Waals surface area contributed by atoms with Gasteiger partial charge < -0.3 is 9.64 Å². The van der Waals surface area contributed by atoms with Crippen LogP contribution in [0.1, 0.15) is 18.4 Å². The van der Waals surface area contributed by atoms with Crippen LogP contribution in [0, 0.1) is 0 Å². The largest absolute Gasteiger partial charge is 0.573 e. The van der Waals surface area contributed by atoms with Gasteiger partial charge in [0.25, 0.3) is 5.91 Å². The first-order valence-corrected chi connectivity index (χ1v) is 7.10. The summed E-state index contributed by atoms with van der Waals surface area (Å²) in [7, 11) is 3.04. The van der Waals surface area contributed by atoms with Crippen LogP contribution in [0.5, 0.6) is 5.75 Å². The number of carbonyl (C=O) groups is 2. The topological polar surface area (TPSA) is 62.2 Å². The van der Waals surface area contributed by atoms with Crippen LogP contribution in [0.2, 0.25) is 0 Å². The molecule has 6 nitrogen and oxygen atoms in total. The maximum Gasteiger partial charge on any atom is 0.573 e. The van der Waals surface area contributed by atoms with Gasteiger partial charge in [0.1, 0.15) is 11.5 Å². The number of amides is 2. The van der Waals surface area contributed by atoms with E-state index >= 15 is 0 Å². The van der Waals surface area contributed by atoms with E-state index in [0.29, 0.717) is 5.56 Å². The van der Waals surface area contributed by atoms with Crippen LogP contribution < -0.4 is 4.74 Å². The summed E-state index contributed by atoms with van der Waals surface area (Å²) in [5.74, 6) is -0.809. The van der Waals surface area contributed by atoms with E-state index in [4.69, 9.17) is 0 Å². The third kappa shape index (κ3) is 4.71. The molecule has 0 spiro atoms. The molecule has 1 aliphatic heterocycles. The zero-order valence-electron chi connectivity index (χ0n) is 13.1. The SMILES string of the molecule is CN(Cc1ccc(OC(F)(F)F)cc1)C(=O)C1=NN(C)C(=O)CC1. The highest BCUT2D eigenvalue weighted by atomic mass is 19.4. The number of rotatable bonds is 4. The van der Waals surface area contributed by atoms with Crippen molar-refractivity contribution in [3.8, 4) is 5.75 Å². The van der Waals surface area contributed by atoms with Crippen LogP contribution in [0.25, 0.3) is 0 Å². The van der Waals surface area contributed by atoms with E-state index in [9.17, 15) is 22.8 Å². The molecule has 0 fully saturated rings. The summed E-state index contributed by atoms with van der Waals surface area (Å²) in [5.41, 5.74) is 0.915. The molecule has 1 aromatic carbocycles. The van der Waals surface area contributed by atoms with E-state index in [2.05, 4.69) is 9.84 Å².